The van der Waals surface area contributed by atoms with E-state index in [0.717, 1.165) is 0 Å². The predicted molar refractivity (Wildman–Crippen MR) is 75.9 cm³/mol. The highest BCUT2D eigenvalue weighted by Gasteiger charge is 2.35. The highest BCUT2D eigenvalue weighted by Crippen LogP contribution is 2.34. The normalized spacial score (nSPS) is 11.7. The fraction of sp³-hybridized carbons (Fsp3) is 0.154. The molecule has 0 radical (unpaired) electrons. The Balaban J connectivity index is 1.97. The molecule has 0 saturated carbocycles. The van der Waals surface area contributed by atoms with Crippen LogP contribution in [-0.4, -0.2) is 27.2 Å². The van der Waals surface area contributed by atoms with Crippen molar-refractivity contribution in [2.75, 3.05) is 17.7 Å². The number of H-pyrrole nitrogens is 1. The summed E-state index contributed by atoms with van der Waals surface area (Å²) in [5.41, 5.74) is -0.423. The van der Waals surface area contributed by atoms with Gasteiger partial charge in [0, 0.05) is 18.6 Å². The number of halogens is 4. The van der Waals surface area contributed by atoms with Crippen LogP contribution < -0.4 is 10.6 Å². The monoisotopic (exact) mass is 326 g/mol. The number of fused-ring (bicyclic) bond motifs is 1. The first-order valence-corrected chi connectivity index (χ1v) is 6.40. The molecule has 0 aliphatic rings. The highest BCUT2D eigenvalue weighted by atomic mass is 19.4. The van der Waals surface area contributed by atoms with E-state index in [1.807, 2.05) is 0 Å². The summed E-state index contributed by atoms with van der Waals surface area (Å²) in [7, 11) is 1.30. The number of hydrogen-bond acceptors (Lipinski definition) is 5. The summed E-state index contributed by atoms with van der Waals surface area (Å²) in [5, 5.41) is 11.9. The van der Waals surface area contributed by atoms with E-state index in [4.69, 9.17) is 0 Å². The Morgan fingerprint density at radius 3 is 2.65 bits per heavy atom. The third-order valence-corrected chi connectivity index (χ3v) is 3.11. The van der Waals surface area contributed by atoms with Crippen molar-refractivity contribution in [2.45, 2.75) is 6.18 Å². The van der Waals surface area contributed by atoms with Crippen LogP contribution in [0.5, 0.6) is 0 Å². The molecule has 0 fully saturated rings. The first kappa shape index (κ1) is 15.0. The van der Waals surface area contributed by atoms with Crippen molar-refractivity contribution in [1.82, 2.24) is 20.2 Å². The minimum absolute atomic E-state index is 0.0172. The number of aromatic amines is 1. The summed E-state index contributed by atoms with van der Waals surface area (Å²) in [6.07, 6.45) is -2.50. The fourth-order valence-electron chi connectivity index (χ4n) is 2.02. The van der Waals surface area contributed by atoms with Gasteiger partial charge >= 0.3 is 6.18 Å². The van der Waals surface area contributed by atoms with Crippen LogP contribution >= 0.6 is 0 Å². The Morgan fingerprint density at radius 2 is 1.96 bits per heavy atom. The average Bonchev–Trinajstić information content (AvgIpc) is 2.93. The van der Waals surface area contributed by atoms with E-state index in [1.54, 1.807) is 0 Å². The van der Waals surface area contributed by atoms with Crippen LogP contribution in [0.3, 0.4) is 0 Å². The molecular weight excluding hydrogens is 316 g/mol. The summed E-state index contributed by atoms with van der Waals surface area (Å²) >= 11 is 0. The number of rotatable bonds is 3. The summed E-state index contributed by atoms with van der Waals surface area (Å²) < 4.78 is 52.3. The third-order valence-electron chi connectivity index (χ3n) is 3.11. The molecule has 2 aromatic heterocycles. The van der Waals surface area contributed by atoms with E-state index in [0.29, 0.717) is 17.1 Å². The van der Waals surface area contributed by atoms with Crippen molar-refractivity contribution in [2.24, 2.45) is 0 Å². The van der Waals surface area contributed by atoms with Gasteiger partial charge in [-0.3, -0.25) is 5.10 Å². The van der Waals surface area contributed by atoms with Crippen molar-refractivity contribution in [3.05, 3.63) is 35.9 Å². The summed E-state index contributed by atoms with van der Waals surface area (Å²) in [4.78, 5) is 7.30. The second kappa shape index (κ2) is 5.38. The molecule has 0 spiro atoms. The van der Waals surface area contributed by atoms with Crippen molar-refractivity contribution in [3.8, 4) is 0 Å². The van der Waals surface area contributed by atoms with Gasteiger partial charge < -0.3 is 10.6 Å². The van der Waals surface area contributed by atoms with E-state index in [2.05, 4.69) is 30.8 Å². The quantitative estimate of drug-likeness (QED) is 0.644. The zero-order valence-corrected chi connectivity index (χ0v) is 11.7. The Kier molecular flexibility index (Phi) is 3.51. The minimum Gasteiger partial charge on any atom is -0.372 e. The molecule has 0 bridgehead atoms. The molecule has 1 aromatic carbocycles. The lowest BCUT2D eigenvalue weighted by atomic mass is 10.2. The molecule has 120 valence electrons. The largest absolute Gasteiger partial charge is 0.421 e. The van der Waals surface area contributed by atoms with Gasteiger partial charge in [-0.25, -0.2) is 9.37 Å². The zero-order valence-electron chi connectivity index (χ0n) is 11.7. The Hall–Kier alpha value is -2.91. The molecule has 3 N–H and O–H groups in total. The Morgan fingerprint density at radius 1 is 1.17 bits per heavy atom. The van der Waals surface area contributed by atoms with E-state index in [1.165, 1.54) is 25.4 Å². The number of anilines is 3. The van der Waals surface area contributed by atoms with Crippen molar-refractivity contribution < 1.29 is 17.6 Å². The van der Waals surface area contributed by atoms with Crippen LogP contribution in [0.15, 0.2) is 24.5 Å². The van der Waals surface area contributed by atoms with Crippen LogP contribution in [0, 0.1) is 5.82 Å². The zero-order chi connectivity index (χ0) is 16.6. The van der Waals surface area contributed by atoms with Crippen molar-refractivity contribution >= 4 is 28.4 Å². The van der Waals surface area contributed by atoms with Gasteiger partial charge in [-0.1, -0.05) is 0 Å². The summed E-state index contributed by atoms with van der Waals surface area (Å²) in [5.74, 6) is -1.17. The highest BCUT2D eigenvalue weighted by molar-refractivity contribution is 5.82. The topological polar surface area (TPSA) is 78.5 Å². The van der Waals surface area contributed by atoms with Gasteiger partial charge in [-0.15, -0.1) is 0 Å². The maximum absolute atomic E-state index is 14.0. The maximum Gasteiger partial charge on any atom is 0.421 e. The average molecular weight is 326 g/mol. The molecule has 0 aliphatic carbocycles. The van der Waals surface area contributed by atoms with Gasteiger partial charge in [0.25, 0.3) is 0 Å². The lowest BCUT2D eigenvalue weighted by Gasteiger charge is -2.13. The molecule has 0 atom stereocenters. The van der Waals surface area contributed by atoms with E-state index in [-0.39, 0.29) is 11.6 Å². The number of nitrogens with zero attached hydrogens (tertiary/aromatic N) is 3. The SMILES string of the molecule is CNc1nc(Nc2cc3[nH]ncc3cc2F)ncc1C(F)(F)F. The number of hydrogen-bond donors (Lipinski definition) is 3. The first-order chi connectivity index (χ1) is 10.9. The number of aromatic nitrogens is 4. The van der Waals surface area contributed by atoms with Crippen LogP contribution in [0.2, 0.25) is 0 Å². The van der Waals surface area contributed by atoms with E-state index in [9.17, 15) is 17.6 Å². The van der Waals surface area contributed by atoms with Gasteiger partial charge in [0.2, 0.25) is 5.95 Å². The summed E-state index contributed by atoms with van der Waals surface area (Å²) in [6, 6.07) is 2.67. The fourth-order valence-corrected chi connectivity index (χ4v) is 2.02. The molecule has 6 nitrogen and oxygen atoms in total. The van der Waals surface area contributed by atoms with E-state index >= 15 is 0 Å². The van der Waals surface area contributed by atoms with Crippen LogP contribution in [0.1, 0.15) is 5.56 Å². The number of benzene rings is 1. The lowest BCUT2D eigenvalue weighted by Crippen LogP contribution is -2.12. The van der Waals surface area contributed by atoms with Crippen molar-refractivity contribution in [3.63, 3.8) is 0 Å². The molecule has 3 aromatic rings. The van der Waals surface area contributed by atoms with E-state index < -0.39 is 23.4 Å². The Bertz CT molecular complexity index is 857. The van der Waals surface area contributed by atoms with Gasteiger partial charge in [0.15, 0.2) is 0 Å². The molecule has 0 amide bonds. The van der Waals surface area contributed by atoms with Gasteiger partial charge in [-0.05, 0) is 12.1 Å². The molecule has 23 heavy (non-hydrogen) atoms. The van der Waals surface area contributed by atoms with Crippen molar-refractivity contribution in [1.29, 1.82) is 0 Å². The molecule has 0 saturated heterocycles. The summed E-state index contributed by atoms with van der Waals surface area (Å²) in [6.45, 7) is 0. The Labute approximate surface area is 126 Å². The lowest BCUT2D eigenvalue weighted by molar-refractivity contribution is -0.137. The smallest absolute Gasteiger partial charge is 0.372 e. The minimum atomic E-state index is -4.59. The second-order valence-electron chi connectivity index (χ2n) is 4.62. The molecule has 0 aliphatic heterocycles. The third kappa shape index (κ3) is 2.87. The van der Waals surface area contributed by atoms with Gasteiger partial charge in [0.1, 0.15) is 17.2 Å². The van der Waals surface area contributed by atoms with Crippen LogP contribution in [0.4, 0.5) is 35.0 Å². The van der Waals surface area contributed by atoms with Gasteiger partial charge in [0.05, 0.1) is 17.4 Å². The molecule has 0 unspecified atom stereocenters. The van der Waals surface area contributed by atoms with Gasteiger partial charge in [-0.2, -0.15) is 23.3 Å². The maximum atomic E-state index is 14.0. The number of nitrogens with one attached hydrogen (secondary N) is 3. The second-order valence-corrected chi connectivity index (χ2v) is 4.62. The standard InChI is InChI=1S/C13H10F4N6/c1-18-11-7(13(15,16)17)5-19-12(22-11)21-10-3-9-6(2-8(10)14)4-20-23-9/h2-5H,1H3,(H,20,23)(H2,18,19,21,22). The first-order valence-electron chi connectivity index (χ1n) is 6.40. The molecule has 3 rings (SSSR count). The van der Waals surface area contributed by atoms with Crippen LogP contribution in [-0.2, 0) is 6.18 Å². The molecular formula is C13H10F4N6. The predicted octanol–water partition coefficient (Wildman–Crippen LogP) is 3.30. The number of alkyl halides is 3. The van der Waals surface area contributed by atoms with Crippen LogP contribution in [0.25, 0.3) is 10.9 Å². The molecule has 2 heterocycles. The molecule has 10 heteroatoms.